The zero-order chi connectivity index (χ0) is 19.0. The molecule has 0 saturated heterocycles. The summed E-state index contributed by atoms with van der Waals surface area (Å²) < 4.78 is 26.5. The van der Waals surface area contributed by atoms with Crippen molar-refractivity contribution in [2.75, 3.05) is 38.5 Å². The number of rotatable bonds is 9. The predicted molar refractivity (Wildman–Crippen MR) is 96.9 cm³/mol. The number of amides is 2. The van der Waals surface area contributed by atoms with Gasteiger partial charge < -0.3 is 10.6 Å². The summed E-state index contributed by atoms with van der Waals surface area (Å²) >= 11 is 0. The lowest BCUT2D eigenvalue weighted by Gasteiger charge is -2.19. The summed E-state index contributed by atoms with van der Waals surface area (Å²) in [5, 5.41) is 7.82. The predicted octanol–water partition coefficient (Wildman–Crippen LogP) is 0.300. The summed E-state index contributed by atoms with van der Waals surface area (Å²) in [6.07, 6.45) is 0. The molecule has 0 bridgehead atoms. The van der Waals surface area contributed by atoms with E-state index < -0.39 is 10.0 Å². The molecular formula is C16H26N4O4S. The highest BCUT2D eigenvalue weighted by Crippen LogP contribution is 2.22. The van der Waals surface area contributed by atoms with E-state index in [1.165, 1.54) is 23.5 Å². The molecule has 0 aliphatic carbocycles. The molecule has 1 rings (SSSR count). The van der Waals surface area contributed by atoms with Crippen molar-refractivity contribution in [1.29, 1.82) is 0 Å². The zero-order valence-electron chi connectivity index (χ0n) is 15.0. The average Bonchev–Trinajstić information content (AvgIpc) is 2.57. The monoisotopic (exact) mass is 370 g/mol. The second kappa shape index (κ2) is 9.50. The van der Waals surface area contributed by atoms with E-state index in [4.69, 9.17) is 0 Å². The molecule has 0 radical (unpaired) electrons. The molecule has 8 nitrogen and oxygen atoms in total. The number of aryl methyl sites for hydroxylation is 1. The Balaban J connectivity index is 2.88. The van der Waals surface area contributed by atoms with Crippen LogP contribution in [0.1, 0.15) is 19.4 Å². The SMILES string of the molecule is CCN(CC)S(=O)(=O)c1ccc(C)c(NC(=O)CNCC(=O)NC)c1. The minimum Gasteiger partial charge on any atom is -0.358 e. The molecule has 0 unspecified atom stereocenters. The molecule has 140 valence electrons. The largest absolute Gasteiger partial charge is 0.358 e. The van der Waals surface area contributed by atoms with Crippen LogP contribution in [-0.2, 0) is 19.6 Å². The second-order valence-electron chi connectivity index (χ2n) is 5.39. The van der Waals surface area contributed by atoms with Gasteiger partial charge in [0.15, 0.2) is 0 Å². The van der Waals surface area contributed by atoms with E-state index in [9.17, 15) is 18.0 Å². The molecule has 1 aromatic carbocycles. The van der Waals surface area contributed by atoms with E-state index in [-0.39, 0.29) is 29.8 Å². The molecule has 1 aromatic rings. The first-order valence-corrected chi connectivity index (χ1v) is 9.52. The third-order valence-corrected chi connectivity index (χ3v) is 5.72. The summed E-state index contributed by atoms with van der Waals surface area (Å²) in [7, 11) is -2.09. The highest BCUT2D eigenvalue weighted by Gasteiger charge is 2.22. The van der Waals surface area contributed by atoms with Gasteiger partial charge in [-0.2, -0.15) is 4.31 Å². The van der Waals surface area contributed by atoms with Crippen LogP contribution in [0, 0.1) is 6.92 Å². The Labute approximate surface area is 149 Å². The molecule has 0 fully saturated rings. The number of hydrogen-bond donors (Lipinski definition) is 3. The van der Waals surface area contributed by atoms with Gasteiger partial charge in [-0.25, -0.2) is 8.42 Å². The number of anilines is 1. The van der Waals surface area contributed by atoms with E-state index in [1.807, 2.05) is 0 Å². The maximum absolute atomic E-state index is 12.6. The minimum absolute atomic E-state index is 0.0271. The van der Waals surface area contributed by atoms with Gasteiger partial charge in [-0.3, -0.25) is 14.9 Å². The number of nitrogens with zero attached hydrogens (tertiary/aromatic N) is 1. The lowest BCUT2D eigenvalue weighted by Crippen LogP contribution is -2.36. The van der Waals surface area contributed by atoms with Gasteiger partial charge in [0.2, 0.25) is 21.8 Å². The maximum Gasteiger partial charge on any atom is 0.243 e. The van der Waals surface area contributed by atoms with E-state index in [1.54, 1.807) is 26.8 Å². The van der Waals surface area contributed by atoms with Crippen LogP contribution in [0.15, 0.2) is 23.1 Å². The Hall–Kier alpha value is -1.97. The molecule has 0 aromatic heterocycles. The summed E-state index contributed by atoms with van der Waals surface area (Å²) in [5.74, 6) is -0.583. The second-order valence-corrected chi connectivity index (χ2v) is 7.33. The summed E-state index contributed by atoms with van der Waals surface area (Å²) in [5.41, 5.74) is 1.18. The number of carbonyl (C=O) groups excluding carboxylic acids is 2. The highest BCUT2D eigenvalue weighted by atomic mass is 32.2. The molecule has 25 heavy (non-hydrogen) atoms. The Kier molecular flexibility index (Phi) is 8.01. The fourth-order valence-electron chi connectivity index (χ4n) is 2.18. The molecule has 0 aliphatic heterocycles. The lowest BCUT2D eigenvalue weighted by molar-refractivity contribution is -0.120. The van der Waals surface area contributed by atoms with E-state index in [0.717, 1.165) is 5.56 Å². The Morgan fingerprint density at radius 1 is 1.08 bits per heavy atom. The van der Waals surface area contributed by atoms with Gasteiger partial charge in [0.05, 0.1) is 18.0 Å². The molecule has 3 N–H and O–H groups in total. The van der Waals surface area contributed by atoms with Crippen LogP contribution in [-0.4, -0.2) is 57.8 Å². The van der Waals surface area contributed by atoms with Crippen molar-refractivity contribution in [3.8, 4) is 0 Å². The molecule has 0 atom stereocenters. The van der Waals surface area contributed by atoms with Crippen LogP contribution in [0.3, 0.4) is 0 Å². The quantitative estimate of drug-likeness (QED) is 0.579. The minimum atomic E-state index is -3.59. The van der Waals surface area contributed by atoms with E-state index in [0.29, 0.717) is 18.8 Å². The van der Waals surface area contributed by atoms with Crippen molar-refractivity contribution in [3.63, 3.8) is 0 Å². The Morgan fingerprint density at radius 2 is 1.68 bits per heavy atom. The van der Waals surface area contributed by atoms with E-state index >= 15 is 0 Å². The zero-order valence-corrected chi connectivity index (χ0v) is 15.9. The molecule has 0 spiro atoms. The van der Waals surface area contributed by atoms with Crippen LogP contribution in [0.5, 0.6) is 0 Å². The first kappa shape index (κ1) is 21.1. The first-order valence-electron chi connectivity index (χ1n) is 8.08. The lowest BCUT2D eigenvalue weighted by atomic mass is 10.2. The van der Waals surface area contributed by atoms with Gasteiger partial charge in [0.1, 0.15) is 0 Å². The fourth-order valence-corrected chi connectivity index (χ4v) is 3.67. The molecule has 9 heteroatoms. The molecule has 0 heterocycles. The third-order valence-electron chi connectivity index (χ3n) is 3.68. The Morgan fingerprint density at radius 3 is 2.24 bits per heavy atom. The van der Waals surface area contributed by atoms with Gasteiger partial charge in [0, 0.05) is 25.8 Å². The topological polar surface area (TPSA) is 108 Å². The number of benzene rings is 1. The summed E-state index contributed by atoms with van der Waals surface area (Å²) in [6.45, 7) is 6.04. The van der Waals surface area contributed by atoms with Crippen LogP contribution in [0.2, 0.25) is 0 Å². The van der Waals surface area contributed by atoms with Crippen molar-refractivity contribution in [2.45, 2.75) is 25.7 Å². The van der Waals surface area contributed by atoms with Crippen LogP contribution < -0.4 is 16.0 Å². The van der Waals surface area contributed by atoms with Crippen LogP contribution in [0.4, 0.5) is 5.69 Å². The molecule has 0 saturated carbocycles. The van der Waals surface area contributed by atoms with Crippen molar-refractivity contribution in [1.82, 2.24) is 14.9 Å². The third kappa shape index (κ3) is 5.80. The van der Waals surface area contributed by atoms with E-state index in [2.05, 4.69) is 16.0 Å². The maximum atomic E-state index is 12.6. The number of nitrogens with one attached hydrogen (secondary N) is 3. The van der Waals surface area contributed by atoms with Crippen LogP contribution >= 0.6 is 0 Å². The number of hydrogen-bond acceptors (Lipinski definition) is 5. The van der Waals surface area contributed by atoms with Crippen molar-refractivity contribution in [2.24, 2.45) is 0 Å². The fraction of sp³-hybridized carbons (Fsp3) is 0.500. The van der Waals surface area contributed by atoms with Gasteiger partial charge in [0.25, 0.3) is 0 Å². The Bertz CT molecular complexity index is 715. The highest BCUT2D eigenvalue weighted by molar-refractivity contribution is 7.89. The van der Waals surface area contributed by atoms with Gasteiger partial charge >= 0.3 is 0 Å². The smallest absolute Gasteiger partial charge is 0.243 e. The van der Waals surface area contributed by atoms with Crippen molar-refractivity contribution >= 4 is 27.5 Å². The van der Waals surface area contributed by atoms with Gasteiger partial charge in [-0.15, -0.1) is 0 Å². The van der Waals surface area contributed by atoms with Crippen molar-refractivity contribution in [3.05, 3.63) is 23.8 Å². The van der Waals surface area contributed by atoms with Crippen molar-refractivity contribution < 1.29 is 18.0 Å². The number of sulfonamides is 1. The van der Waals surface area contributed by atoms with Gasteiger partial charge in [-0.05, 0) is 24.6 Å². The first-order chi connectivity index (χ1) is 11.8. The summed E-state index contributed by atoms with van der Waals surface area (Å²) in [6, 6.07) is 4.64. The number of carbonyl (C=O) groups is 2. The standard InChI is InChI=1S/C16H26N4O4S/c1-5-20(6-2)25(23,24)13-8-7-12(3)14(9-13)19-16(22)11-18-10-15(21)17-4/h7-9,18H,5-6,10-11H2,1-4H3,(H,17,21)(H,19,22). The summed E-state index contributed by atoms with van der Waals surface area (Å²) in [4.78, 5) is 23.2. The number of likely N-dealkylation sites (N-methyl/N-ethyl adjacent to an activating group) is 1. The molecule has 2 amide bonds. The molecular weight excluding hydrogens is 344 g/mol. The normalized spacial score (nSPS) is 11.4. The molecule has 0 aliphatic rings. The van der Waals surface area contributed by atoms with Crippen LogP contribution in [0.25, 0.3) is 0 Å². The van der Waals surface area contributed by atoms with Gasteiger partial charge in [-0.1, -0.05) is 19.9 Å². The average molecular weight is 370 g/mol.